The Morgan fingerprint density at radius 2 is 2.25 bits per heavy atom. The third-order valence-electron chi connectivity index (χ3n) is 3.21. The summed E-state index contributed by atoms with van der Waals surface area (Å²) in [6.07, 6.45) is 1.63. The molecule has 0 unspecified atom stereocenters. The molecule has 2 saturated heterocycles. The molecule has 2 aliphatic heterocycles. The smallest absolute Gasteiger partial charge is 0.284 e. The fraction of sp³-hybridized carbons (Fsp3) is 0.455. The monoisotopic (exact) mass is 218 g/mol. The van der Waals surface area contributed by atoms with Crippen LogP contribution in [0.2, 0.25) is 0 Å². The molecule has 3 rings (SSSR count). The molecule has 0 bridgehead atoms. The molecule has 84 valence electrons. The molecule has 2 aliphatic rings. The van der Waals surface area contributed by atoms with Gasteiger partial charge in [-0.15, -0.1) is 0 Å². The molecule has 0 radical (unpaired) electrons. The van der Waals surface area contributed by atoms with E-state index in [1.165, 1.54) is 0 Å². The van der Waals surface area contributed by atoms with E-state index in [0.717, 1.165) is 26.2 Å². The van der Waals surface area contributed by atoms with Gasteiger partial charge in [0.25, 0.3) is 5.91 Å². The highest BCUT2D eigenvalue weighted by Gasteiger charge is 2.48. The number of hydrogen-bond acceptors (Lipinski definition) is 4. The number of amides is 1. The van der Waals surface area contributed by atoms with Crippen LogP contribution in [0.3, 0.4) is 0 Å². The summed E-state index contributed by atoms with van der Waals surface area (Å²) >= 11 is 0. The zero-order valence-corrected chi connectivity index (χ0v) is 8.94. The van der Waals surface area contributed by atoms with Gasteiger partial charge in [0.05, 0.1) is 0 Å². The van der Waals surface area contributed by atoms with Crippen molar-refractivity contribution in [2.75, 3.05) is 26.2 Å². The normalized spacial score (nSPS) is 22.2. The summed E-state index contributed by atoms with van der Waals surface area (Å²) in [6, 6.07) is 5.33. The number of hydrazine groups is 1. The van der Waals surface area contributed by atoms with E-state index in [1.807, 2.05) is 11.1 Å². The van der Waals surface area contributed by atoms with Crippen LogP contribution in [0.25, 0.3) is 0 Å². The third kappa shape index (κ3) is 1.58. The van der Waals surface area contributed by atoms with Gasteiger partial charge in [-0.05, 0) is 12.1 Å². The summed E-state index contributed by atoms with van der Waals surface area (Å²) in [5.41, 5.74) is 3.76. The Hall–Kier alpha value is -1.46. The van der Waals surface area contributed by atoms with Gasteiger partial charge in [-0.2, -0.15) is 0 Å². The van der Waals surface area contributed by atoms with Gasteiger partial charge in [-0.3, -0.25) is 15.2 Å². The van der Waals surface area contributed by atoms with Gasteiger partial charge in [-0.25, -0.2) is 5.01 Å². The van der Waals surface area contributed by atoms with Crippen molar-refractivity contribution < 1.29 is 4.79 Å². The topological polar surface area (TPSA) is 57.3 Å². The first kappa shape index (κ1) is 9.74. The Kier molecular flexibility index (Phi) is 2.15. The lowest BCUT2D eigenvalue weighted by atomic mass is 9.75. The molecule has 0 aromatic carbocycles. The molecule has 2 N–H and O–H groups in total. The third-order valence-corrected chi connectivity index (χ3v) is 3.21. The molecule has 2 fully saturated rings. The molecule has 0 aliphatic carbocycles. The van der Waals surface area contributed by atoms with Crippen molar-refractivity contribution in [2.24, 2.45) is 5.41 Å². The molecular formula is C11H14N4O. The molecule has 1 aromatic rings. The van der Waals surface area contributed by atoms with E-state index in [-0.39, 0.29) is 5.91 Å². The predicted octanol–water partition coefficient (Wildman–Crippen LogP) is -0.368. The molecule has 5 nitrogen and oxygen atoms in total. The van der Waals surface area contributed by atoms with Crippen molar-refractivity contribution in [3.63, 3.8) is 0 Å². The van der Waals surface area contributed by atoms with Crippen LogP contribution in [0.4, 0.5) is 0 Å². The Morgan fingerprint density at radius 1 is 1.44 bits per heavy atom. The van der Waals surface area contributed by atoms with Gasteiger partial charge >= 0.3 is 0 Å². The van der Waals surface area contributed by atoms with E-state index in [2.05, 4.69) is 15.7 Å². The van der Waals surface area contributed by atoms with Crippen LogP contribution in [0.1, 0.15) is 10.5 Å². The van der Waals surface area contributed by atoms with Crippen molar-refractivity contribution in [1.29, 1.82) is 0 Å². The number of carbonyl (C=O) groups excluding carboxylic acids is 1. The summed E-state index contributed by atoms with van der Waals surface area (Å²) in [6.45, 7) is 4.03. The average molecular weight is 218 g/mol. The summed E-state index contributed by atoms with van der Waals surface area (Å²) < 4.78 is 0. The van der Waals surface area contributed by atoms with Crippen LogP contribution >= 0.6 is 0 Å². The highest BCUT2D eigenvalue weighted by molar-refractivity contribution is 5.91. The van der Waals surface area contributed by atoms with Crippen molar-refractivity contribution in [3.05, 3.63) is 30.1 Å². The fourth-order valence-corrected chi connectivity index (χ4v) is 2.24. The lowest BCUT2D eigenvalue weighted by Gasteiger charge is -2.55. The maximum atomic E-state index is 11.7. The van der Waals surface area contributed by atoms with Crippen molar-refractivity contribution in [2.45, 2.75) is 0 Å². The van der Waals surface area contributed by atoms with Crippen molar-refractivity contribution in [3.8, 4) is 0 Å². The summed E-state index contributed by atoms with van der Waals surface area (Å²) in [5.74, 6) is -0.122. The summed E-state index contributed by atoms with van der Waals surface area (Å²) in [7, 11) is 0. The Bertz CT molecular complexity index is 394. The molecule has 16 heavy (non-hydrogen) atoms. The largest absolute Gasteiger partial charge is 0.315 e. The molecule has 1 spiro atoms. The standard InChI is InChI=1S/C11H14N4O/c16-10(9-3-1-2-4-13-9)14-15-7-11(8-15)5-12-6-11/h1-4,12H,5-8H2,(H,14,16). The fourth-order valence-electron chi connectivity index (χ4n) is 2.24. The van der Waals surface area contributed by atoms with Crippen LogP contribution in [-0.2, 0) is 0 Å². The second-order valence-corrected chi connectivity index (χ2v) is 4.62. The molecule has 1 aromatic heterocycles. The Labute approximate surface area is 93.8 Å². The van der Waals surface area contributed by atoms with Crippen LogP contribution in [-0.4, -0.2) is 42.1 Å². The predicted molar refractivity (Wildman–Crippen MR) is 58.6 cm³/mol. The second-order valence-electron chi connectivity index (χ2n) is 4.62. The highest BCUT2D eigenvalue weighted by atomic mass is 16.2. The first-order chi connectivity index (χ1) is 7.77. The van der Waals surface area contributed by atoms with Gasteiger partial charge in [0, 0.05) is 37.8 Å². The van der Waals surface area contributed by atoms with Crippen molar-refractivity contribution >= 4 is 5.91 Å². The van der Waals surface area contributed by atoms with E-state index in [4.69, 9.17) is 0 Å². The number of hydrogen-bond donors (Lipinski definition) is 2. The Morgan fingerprint density at radius 3 is 2.81 bits per heavy atom. The summed E-state index contributed by atoms with van der Waals surface area (Å²) in [5, 5.41) is 5.21. The zero-order chi connectivity index (χ0) is 11.0. The van der Waals surface area contributed by atoms with E-state index in [1.54, 1.807) is 18.3 Å². The maximum absolute atomic E-state index is 11.7. The quantitative estimate of drug-likeness (QED) is 0.711. The van der Waals surface area contributed by atoms with E-state index in [0.29, 0.717) is 11.1 Å². The van der Waals surface area contributed by atoms with Gasteiger partial charge in [0.1, 0.15) is 5.69 Å². The first-order valence-corrected chi connectivity index (χ1v) is 5.45. The highest BCUT2D eigenvalue weighted by Crippen LogP contribution is 2.32. The molecule has 3 heterocycles. The minimum Gasteiger partial charge on any atom is -0.315 e. The lowest BCUT2D eigenvalue weighted by Crippen LogP contribution is -2.73. The number of rotatable bonds is 2. The number of nitrogens with one attached hydrogen (secondary N) is 2. The maximum Gasteiger partial charge on any atom is 0.284 e. The van der Waals surface area contributed by atoms with Crippen LogP contribution in [0.5, 0.6) is 0 Å². The van der Waals surface area contributed by atoms with E-state index >= 15 is 0 Å². The van der Waals surface area contributed by atoms with E-state index < -0.39 is 0 Å². The Balaban J connectivity index is 1.55. The summed E-state index contributed by atoms with van der Waals surface area (Å²) in [4.78, 5) is 15.7. The van der Waals surface area contributed by atoms with Gasteiger partial charge in [0.2, 0.25) is 0 Å². The van der Waals surface area contributed by atoms with Crippen LogP contribution in [0.15, 0.2) is 24.4 Å². The number of aromatic nitrogens is 1. The molecular weight excluding hydrogens is 204 g/mol. The molecule has 0 saturated carbocycles. The molecule has 1 amide bonds. The van der Waals surface area contributed by atoms with Crippen LogP contribution in [0, 0.1) is 5.41 Å². The molecule has 5 heteroatoms. The lowest BCUT2D eigenvalue weighted by molar-refractivity contribution is -0.0643. The van der Waals surface area contributed by atoms with E-state index in [9.17, 15) is 4.79 Å². The minimum atomic E-state index is -0.122. The average Bonchev–Trinajstić information content (AvgIpc) is 2.21. The van der Waals surface area contributed by atoms with Gasteiger partial charge < -0.3 is 5.32 Å². The first-order valence-electron chi connectivity index (χ1n) is 5.45. The SMILES string of the molecule is O=C(NN1CC2(CNC2)C1)c1ccccn1. The van der Waals surface area contributed by atoms with Gasteiger partial charge in [0.15, 0.2) is 0 Å². The molecule has 0 atom stereocenters. The minimum absolute atomic E-state index is 0.122. The van der Waals surface area contributed by atoms with Crippen LogP contribution < -0.4 is 10.7 Å². The van der Waals surface area contributed by atoms with Crippen molar-refractivity contribution in [1.82, 2.24) is 20.7 Å². The van der Waals surface area contributed by atoms with Gasteiger partial charge in [-0.1, -0.05) is 6.07 Å². The second kappa shape index (κ2) is 3.54. The number of carbonyl (C=O) groups is 1. The number of nitrogens with zero attached hydrogens (tertiary/aromatic N) is 2. The number of pyridine rings is 1. The zero-order valence-electron chi connectivity index (χ0n) is 8.94.